The summed E-state index contributed by atoms with van der Waals surface area (Å²) in [6, 6.07) is 4.37. The minimum absolute atomic E-state index is 0.00557. The van der Waals surface area contributed by atoms with E-state index in [-0.39, 0.29) is 17.4 Å². The molecule has 0 bridgehead atoms. The van der Waals surface area contributed by atoms with Crippen LogP contribution >= 0.6 is 23.2 Å². The van der Waals surface area contributed by atoms with E-state index in [2.05, 4.69) is 10.2 Å². The number of nitrogens with zero attached hydrogens (tertiary/aromatic N) is 2. The Bertz CT molecular complexity index is 787. The lowest BCUT2D eigenvalue weighted by Gasteiger charge is -2.48. The van der Waals surface area contributed by atoms with Crippen molar-refractivity contribution < 1.29 is 14.3 Å². The molecule has 2 heterocycles. The number of carbonyl (C=O) groups excluding carboxylic acids is 2. The number of ether oxygens (including phenoxy) is 1. The summed E-state index contributed by atoms with van der Waals surface area (Å²) in [6.07, 6.45) is 7.33. The lowest BCUT2D eigenvalue weighted by atomic mass is 9.79. The summed E-state index contributed by atoms with van der Waals surface area (Å²) < 4.78 is 5.55. The molecule has 1 aromatic rings. The van der Waals surface area contributed by atoms with Gasteiger partial charge in [-0.3, -0.25) is 14.5 Å². The maximum absolute atomic E-state index is 13.2. The Morgan fingerprint density at radius 1 is 1.00 bits per heavy atom. The third-order valence-electron chi connectivity index (χ3n) is 6.98. The van der Waals surface area contributed by atoms with Gasteiger partial charge in [0.1, 0.15) is 6.04 Å². The van der Waals surface area contributed by atoms with Gasteiger partial charge < -0.3 is 15.0 Å². The molecule has 0 radical (unpaired) electrons. The van der Waals surface area contributed by atoms with Gasteiger partial charge in [0.15, 0.2) is 0 Å². The van der Waals surface area contributed by atoms with Gasteiger partial charge in [-0.1, -0.05) is 42.5 Å². The Balaban J connectivity index is 1.43. The molecule has 2 saturated heterocycles. The molecule has 4 rings (SSSR count). The van der Waals surface area contributed by atoms with Gasteiger partial charge in [0.25, 0.3) is 5.91 Å². The zero-order valence-electron chi connectivity index (χ0n) is 17.9. The van der Waals surface area contributed by atoms with Crippen LogP contribution in [0, 0.1) is 0 Å². The summed E-state index contributed by atoms with van der Waals surface area (Å²) >= 11 is 12.2. The number of amides is 2. The fraction of sp³-hybridized carbons (Fsp3) is 0.652. The summed E-state index contributed by atoms with van der Waals surface area (Å²) in [5.41, 5.74) is 0.431. The first-order chi connectivity index (χ1) is 15.0. The summed E-state index contributed by atoms with van der Waals surface area (Å²) in [7, 11) is 0. The molecule has 1 aliphatic carbocycles. The standard InChI is InChI=1S/C23H31Cl2N3O3/c24-18-13-17(14-19(25)15-18)22(30)28-8-4-5-20(28)21(29)26-16-23(6-2-1-3-7-23)27-9-11-31-12-10-27/h13-15,20H,1-12,16H2,(H,26,29). The van der Waals surface area contributed by atoms with E-state index in [1.807, 2.05) is 0 Å². The van der Waals surface area contributed by atoms with Gasteiger partial charge in [-0.2, -0.15) is 0 Å². The minimum atomic E-state index is -0.449. The fourth-order valence-corrected chi connectivity index (χ4v) is 5.87. The second-order valence-corrected chi connectivity index (χ2v) is 9.79. The lowest BCUT2D eigenvalue weighted by Crippen LogP contribution is -2.60. The lowest BCUT2D eigenvalue weighted by molar-refractivity contribution is -0.126. The van der Waals surface area contributed by atoms with E-state index < -0.39 is 6.04 Å². The SMILES string of the molecule is O=C(NCC1(N2CCOCC2)CCCCC1)C1CCCN1C(=O)c1cc(Cl)cc(Cl)c1. The zero-order chi connectivity index (χ0) is 21.8. The molecule has 0 aromatic heterocycles. The van der Waals surface area contributed by atoms with Crippen molar-refractivity contribution >= 4 is 35.0 Å². The molecular weight excluding hydrogens is 437 g/mol. The first kappa shape index (κ1) is 22.8. The van der Waals surface area contributed by atoms with E-state index in [9.17, 15) is 9.59 Å². The van der Waals surface area contributed by atoms with Crippen molar-refractivity contribution in [3.8, 4) is 0 Å². The van der Waals surface area contributed by atoms with Gasteiger partial charge >= 0.3 is 0 Å². The molecule has 3 aliphatic rings. The van der Waals surface area contributed by atoms with Crippen LogP contribution in [0.4, 0.5) is 0 Å². The monoisotopic (exact) mass is 467 g/mol. The Kier molecular flexibility index (Phi) is 7.42. The third-order valence-corrected chi connectivity index (χ3v) is 7.42. The van der Waals surface area contributed by atoms with Crippen molar-refractivity contribution in [2.24, 2.45) is 0 Å². The highest BCUT2D eigenvalue weighted by atomic mass is 35.5. The van der Waals surface area contributed by atoms with Gasteiger partial charge in [0.05, 0.1) is 13.2 Å². The highest BCUT2D eigenvalue weighted by molar-refractivity contribution is 6.35. The molecule has 31 heavy (non-hydrogen) atoms. The van der Waals surface area contributed by atoms with E-state index in [0.717, 1.165) is 45.6 Å². The molecule has 1 N–H and O–H groups in total. The minimum Gasteiger partial charge on any atom is -0.379 e. The first-order valence-corrected chi connectivity index (χ1v) is 12.1. The van der Waals surface area contributed by atoms with Crippen LogP contribution in [0.3, 0.4) is 0 Å². The fourth-order valence-electron chi connectivity index (χ4n) is 5.35. The number of nitrogens with one attached hydrogen (secondary N) is 1. The van der Waals surface area contributed by atoms with Crippen LogP contribution in [-0.4, -0.2) is 72.6 Å². The Hall–Kier alpha value is -1.34. The summed E-state index contributed by atoms with van der Waals surface area (Å²) in [5, 5.41) is 4.06. The largest absolute Gasteiger partial charge is 0.379 e. The number of hydrogen-bond acceptors (Lipinski definition) is 4. The van der Waals surface area contributed by atoms with Crippen LogP contribution in [-0.2, 0) is 9.53 Å². The van der Waals surface area contributed by atoms with Gasteiger partial charge in [-0.05, 0) is 43.9 Å². The summed E-state index contributed by atoms with van der Waals surface area (Å²) in [5.74, 6) is -0.250. The van der Waals surface area contributed by atoms with E-state index >= 15 is 0 Å². The van der Waals surface area contributed by atoms with Crippen LogP contribution in [0.2, 0.25) is 10.0 Å². The van der Waals surface area contributed by atoms with Gasteiger partial charge in [-0.25, -0.2) is 0 Å². The van der Waals surface area contributed by atoms with Crippen molar-refractivity contribution in [3.63, 3.8) is 0 Å². The summed E-state index contributed by atoms with van der Waals surface area (Å²) in [4.78, 5) is 30.5. The van der Waals surface area contributed by atoms with Gasteiger partial charge in [0.2, 0.25) is 5.91 Å². The number of carbonyl (C=O) groups is 2. The molecule has 170 valence electrons. The number of halogens is 2. The van der Waals surface area contributed by atoms with Crippen LogP contribution in [0.1, 0.15) is 55.3 Å². The van der Waals surface area contributed by atoms with Crippen LogP contribution in [0.5, 0.6) is 0 Å². The molecule has 1 saturated carbocycles. The van der Waals surface area contributed by atoms with Crippen molar-refractivity contribution in [3.05, 3.63) is 33.8 Å². The van der Waals surface area contributed by atoms with Gasteiger partial charge in [-0.15, -0.1) is 0 Å². The number of morpholine rings is 1. The van der Waals surface area contributed by atoms with E-state index in [4.69, 9.17) is 27.9 Å². The molecule has 2 aliphatic heterocycles. The van der Waals surface area contributed by atoms with Crippen LogP contribution in [0.25, 0.3) is 0 Å². The van der Waals surface area contributed by atoms with E-state index in [0.29, 0.717) is 35.1 Å². The average Bonchev–Trinajstić information content (AvgIpc) is 3.27. The molecular formula is C23H31Cl2N3O3. The normalized spacial score (nSPS) is 24.2. The number of benzene rings is 1. The zero-order valence-corrected chi connectivity index (χ0v) is 19.4. The highest BCUT2D eigenvalue weighted by Crippen LogP contribution is 2.34. The number of likely N-dealkylation sites (tertiary alicyclic amines) is 1. The van der Waals surface area contributed by atoms with Crippen LogP contribution in [0.15, 0.2) is 18.2 Å². The maximum atomic E-state index is 13.2. The Morgan fingerprint density at radius 3 is 2.35 bits per heavy atom. The van der Waals surface area contributed by atoms with Crippen molar-refractivity contribution in [2.45, 2.75) is 56.5 Å². The highest BCUT2D eigenvalue weighted by Gasteiger charge is 2.40. The number of hydrogen-bond donors (Lipinski definition) is 1. The Labute approximate surface area is 194 Å². The first-order valence-electron chi connectivity index (χ1n) is 11.4. The molecule has 1 aromatic carbocycles. The molecule has 3 fully saturated rings. The molecule has 1 unspecified atom stereocenters. The number of rotatable bonds is 5. The maximum Gasteiger partial charge on any atom is 0.254 e. The second kappa shape index (κ2) is 10.1. The van der Waals surface area contributed by atoms with Gasteiger partial charge in [0, 0.05) is 47.3 Å². The average molecular weight is 468 g/mol. The van der Waals surface area contributed by atoms with Crippen LogP contribution < -0.4 is 5.32 Å². The molecule has 2 amide bonds. The molecule has 0 spiro atoms. The van der Waals surface area contributed by atoms with Crippen molar-refractivity contribution in [1.82, 2.24) is 15.1 Å². The van der Waals surface area contributed by atoms with Crippen molar-refractivity contribution in [2.75, 3.05) is 39.4 Å². The summed E-state index contributed by atoms with van der Waals surface area (Å²) in [6.45, 7) is 4.54. The Morgan fingerprint density at radius 2 is 1.68 bits per heavy atom. The van der Waals surface area contributed by atoms with E-state index in [1.54, 1.807) is 23.1 Å². The molecule has 8 heteroatoms. The van der Waals surface area contributed by atoms with Crippen molar-refractivity contribution in [1.29, 1.82) is 0 Å². The quantitative estimate of drug-likeness (QED) is 0.715. The molecule has 6 nitrogen and oxygen atoms in total. The molecule has 1 atom stereocenters. The second-order valence-electron chi connectivity index (χ2n) is 8.92. The predicted octanol–water partition coefficient (Wildman–Crippen LogP) is 3.75. The predicted molar refractivity (Wildman–Crippen MR) is 122 cm³/mol. The third kappa shape index (κ3) is 5.19. The topological polar surface area (TPSA) is 61.9 Å². The smallest absolute Gasteiger partial charge is 0.254 e. The van der Waals surface area contributed by atoms with E-state index in [1.165, 1.54) is 19.3 Å².